The van der Waals surface area contributed by atoms with Crippen LogP contribution in [0.2, 0.25) is 0 Å². The topological polar surface area (TPSA) is 100 Å². The molecule has 10 heteroatoms. The van der Waals surface area contributed by atoms with Crippen LogP contribution in [0.3, 0.4) is 0 Å². The molecule has 0 saturated carbocycles. The first kappa shape index (κ1) is 29.7. The lowest BCUT2D eigenvalue weighted by atomic mass is 9.98. The molecule has 0 radical (unpaired) electrons. The Bertz CT molecular complexity index is 1790. The van der Waals surface area contributed by atoms with E-state index in [9.17, 15) is 27.6 Å². The Hall–Kier alpha value is -5.77. The van der Waals surface area contributed by atoms with Crippen LogP contribution >= 0.6 is 0 Å². The van der Waals surface area contributed by atoms with Crippen molar-refractivity contribution in [3.63, 3.8) is 0 Å². The third-order valence-corrected chi connectivity index (χ3v) is 6.64. The fourth-order valence-corrected chi connectivity index (χ4v) is 4.39. The molecule has 0 aliphatic heterocycles. The molecule has 0 aliphatic rings. The Kier molecular flexibility index (Phi) is 8.80. The summed E-state index contributed by atoms with van der Waals surface area (Å²) in [4.78, 5) is 42.3. The highest BCUT2D eigenvalue weighted by molar-refractivity contribution is 6.09. The van der Waals surface area contributed by atoms with Crippen LogP contribution in [0.25, 0.3) is 11.1 Å². The third kappa shape index (κ3) is 7.35. The van der Waals surface area contributed by atoms with Crippen LogP contribution < -0.4 is 16.0 Å². The zero-order valence-electron chi connectivity index (χ0n) is 23.1. The minimum atomic E-state index is -4.46. The number of pyridine rings is 1. The maximum Gasteiger partial charge on any atom is 0.416 e. The summed E-state index contributed by atoms with van der Waals surface area (Å²) in [6.45, 7) is 0.227. The van der Waals surface area contributed by atoms with Gasteiger partial charge in [0.2, 0.25) is 0 Å². The van der Waals surface area contributed by atoms with E-state index in [0.717, 1.165) is 17.7 Å². The Morgan fingerprint density at radius 2 is 1.36 bits per heavy atom. The van der Waals surface area contributed by atoms with Gasteiger partial charge in [-0.05, 0) is 77.4 Å². The van der Waals surface area contributed by atoms with Crippen molar-refractivity contribution >= 4 is 29.1 Å². The van der Waals surface area contributed by atoms with Gasteiger partial charge < -0.3 is 16.0 Å². The van der Waals surface area contributed by atoms with Crippen molar-refractivity contribution in [3.8, 4) is 11.1 Å². The van der Waals surface area contributed by atoms with Crippen LogP contribution in [-0.2, 0) is 12.7 Å². The quantitative estimate of drug-likeness (QED) is 0.177. The Morgan fingerprint density at radius 1 is 0.659 bits per heavy atom. The number of hydrogen-bond acceptors (Lipinski definition) is 4. The molecule has 7 nitrogen and oxygen atoms in total. The van der Waals surface area contributed by atoms with E-state index in [-0.39, 0.29) is 23.9 Å². The summed E-state index contributed by atoms with van der Waals surface area (Å²) < 4.78 is 39.0. The van der Waals surface area contributed by atoms with Gasteiger partial charge in [-0.25, -0.2) is 0 Å². The van der Waals surface area contributed by atoms with Gasteiger partial charge in [0.25, 0.3) is 17.7 Å². The number of nitrogens with zero attached hydrogens (tertiary/aromatic N) is 1. The molecule has 1 aromatic heterocycles. The second-order valence-electron chi connectivity index (χ2n) is 9.70. The summed E-state index contributed by atoms with van der Waals surface area (Å²) in [5.41, 5.74) is 2.79. The van der Waals surface area contributed by atoms with Crippen molar-refractivity contribution in [2.75, 3.05) is 10.6 Å². The summed E-state index contributed by atoms with van der Waals surface area (Å²) in [6.07, 6.45) is -2.92. The molecule has 3 N–H and O–H groups in total. The number of benzene rings is 4. The SMILES string of the molecule is O=C(NCc1ccc(NC(=O)c2ccccn2)cc1)c1cccc(NC(=O)c2ccccc2-c2ccc(C(F)(F)F)cc2)c1. The van der Waals surface area contributed by atoms with Gasteiger partial charge in [-0.1, -0.05) is 54.6 Å². The summed E-state index contributed by atoms with van der Waals surface area (Å²) in [6, 6.07) is 29.7. The molecule has 0 saturated heterocycles. The molecular formula is C34H25F3N4O3. The largest absolute Gasteiger partial charge is 0.416 e. The number of anilines is 2. The molecule has 0 spiro atoms. The Morgan fingerprint density at radius 3 is 2.07 bits per heavy atom. The van der Waals surface area contributed by atoms with E-state index in [1.54, 1.807) is 84.9 Å². The zero-order chi connectivity index (χ0) is 31.1. The van der Waals surface area contributed by atoms with Crippen molar-refractivity contribution in [2.24, 2.45) is 0 Å². The number of halogens is 3. The fourth-order valence-electron chi connectivity index (χ4n) is 4.39. The number of aromatic nitrogens is 1. The normalized spacial score (nSPS) is 11.0. The minimum absolute atomic E-state index is 0.227. The summed E-state index contributed by atoms with van der Waals surface area (Å²) >= 11 is 0. The Balaban J connectivity index is 1.20. The van der Waals surface area contributed by atoms with Gasteiger partial charge in [0.1, 0.15) is 5.69 Å². The van der Waals surface area contributed by atoms with Gasteiger partial charge in [-0.3, -0.25) is 19.4 Å². The molecule has 5 aromatic rings. The highest BCUT2D eigenvalue weighted by Crippen LogP contribution is 2.32. The molecule has 1 heterocycles. The van der Waals surface area contributed by atoms with Gasteiger partial charge in [-0.15, -0.1) is 0 Å². The molecule has 4 aromatic carbocycles. The second kappa shape index (κ2) is 13.0. The van der Waals surface area contributed by atoms with E-state index in [1.165, 1.54) is 24.4 Å². The summed E-state index contributed by atoms with van der Waals surface area (Å²) in [7, 11) is 0. The fraction of sp³-hybridized carbons (Fsp3) is 0.0588. The molecule has 0 unspecified atom stereocenters. The van der Waals surface area contributed by atoms with Crippen molar-refractivity contribution in [2.45, 2.75) is 12.7 Å². The van der Waals surface area contributed by atoms with E-state index in [1.807, 2.05) is 0 Å². The summed E-state index contributed by atoms with van der Waals surface area (Å²) in [5, 5.41) is 8.36. The first-order chi connectivity index (χ1) is 21.2. The van der Waals surface area contributed by atoms with Gasteiger partial charge in [0, 0.05) is 35.2 Å². The van der Waals surface area contributed by atoms with Crippen LogP contribution in [-0.4, -0.2) is 22.7 Å². The standard InChI is InChI=1S/C34H25F3N4O3/c35-34(36,37)25-15-13-23(14-16-25)28-8-1-2-9-29(28)32(43)41-27-7-5-6-24(20-27)31(42)39-21-22-11-17-26(18-12-22)40-33(44)30-10-3-4-19-38-30/h1-20H,21H2,(H,39,42)(H,40,44)(H,41,43). The van der Waals surface area contributed by atoms with Gasteiger partial charge in [0.15, 0.2) is 0 Å². The lowest BCUT2D eigenvalue weighted by Crippen LogP contribution is -2.23. The number of nitrogens with one attached hydrogen (secondary N) is 3. The minimum Gasteiger partial charge on any atom is -0.348 e. The number of hydrogen-bond donors (Lipinski definition) is 3. The van der Waals surface area contributed by atoms with Crippen LogP contribution in [0.1, 0.15) is 42.3 Å². The number of rotatable bonds is 8. The maximum atomic E-state index is 13.2. The second-order valence-corrected chi connectivity index (χ2v) is 9.70. The van der Waals surface area contributed by atoms with E-state index < -0.39 is 17.6 Å². The average Bonchev–Trinajstić information content (AvgIpc) is 3.04. The average molecular weight is 595 g/mol. The number of carbonyl (C=O) groups is 3. The zero-order valence-corrected chi connectivity index (χ0v) is 23.1. The number of carbonyl (C=O) groups excluding carboxylic acids is 3. The lowest BCUT2D eigenvalue weighted by Gasteiger charge is -2.13. The van der Waals surface area contributed by atoms with E-state index in [2.05, 4.69) is 20.9 Å². The van der Waals surface area contributed by atoms with Crippen molar-refractivity contribution < 1.29 is 27.6 Å². The monoisotopic (exact) mass is 594 g/mol. The molecule has 0 aliphatic carbocycles. The first-order valence-corrected chi connectivity index (χ1v) is 13.4. The van der Waals surface area contributed by atoms with Gasteiger partial charge >= 0.3 is 6.18 Å². The molecule has 0 bridgehead atoms. The van der Waals surface area contributed by atoms with Crippen molar-refractivity contribution in [1.29, 1.82) is 0 Å². The summed E-state index contributed by atoms with van der Waals surface area (Å²) in [5.74, 6) is -1.17. The predicted molar refractivity (Wildman–Crippen MR) is 161 cm³/mol. The molecule has 5 rings (SSSR count). The van der Waals surface area contributed by atoms with Crippen molar-refractivity contribution in [1.82, 2.24) is 10.3 Å². The third-order valence-electron chi connectivity index (χ3n) is 6.64. The lowest BCUT2D eigenvalue weighted by molar-refractivity contribution is -0.137. The molecule has 44 heavy (non-hydrogen) atoms. The Labute approximate surface area is 250 Å². The highest BCUT2D eigenvalue weighted by Gasteiger charge is 2.30. The number of amides is 3. The number of alkyl halides is 3. The van der Waals surface area contributed by atoms with Gasteiger partial charge in [-0.2, -0.15) is 13.2 Å². The van der Waals surface area contributed by atoms with E-state index >= 15 is 0 Å². The van der Waals surface area contributed by atoms with E-state index in [0.29, 0.717) is 33.8 Å². The highest BCUT2D eigenvalue weighted by atomic mass is 19.4. The van der Waals surface area contributed by atoms with Crippen molar-refractivity contribution in [3.05, 3.63) is 149 Å². The molecule has 220 valence electrons. The van der Waals surface area contributed by atoms with Gasteiger partial charge in [0.05, 0.1) is 5.56 Å². The maximum absolute atomic E-state index is 13.2. The first-order valence-electron chi connectivity index (χ1n) is 13.4. The molecular weight excluding hydrogens is 569 g/mol. The smallest absolute Gasteiger partial charge is 0.348 e. The van der Waals surface area contributed by atoms with Crippen LogP contribution in [0.5, 0.6) is 0 Å². The van der Waals surface area contributed by atoms with Crippen LogP contribution in [0.4, 0.5) is 24.5 Å². The van der Waals surface area contributed by atoms with Crippen LogP contribution in [0.15, 0.2) is 121 Å². The predicted octanol–water partition coefficient (Wildman–Crippen LogP) is 7.20. The van der Waals surface area contributed by atoms with Crippen LogP contribution in [0, 0.1) is 0 Å². The molecule has 0 fully saturated rings. The van der Waals surface area contributed by atoms with E-state index in [4.69, 9.17) is 0 Å². The molecule has 3 amide bonds. The molecule has 0 atom stereocenters.